The molecule has 0 saturated heterocycles. The first kappa shape index (κ1) is 26.2. The molecule has 0 fully saturated rings. The minimum Gasteiger partial charge on any atom is -0.347 e. The predicted octanol–water partition coefficient (Wildman–Crippen LogP) is -2.43. The number of hydrogen-bond donors (Lipinski definition) is 5. The quantitative estimate of drug-likeness (QED) is 0.177. The van der Waals surface area contributed by atoms with Crippen molar-refractivity contribution in [3.05, 3.63) is 35.5 Å². The lowest BCUT2D eigenvalue weighted by molar-refractivity contribution is -0.131. The highest BCUT2D eigenvalue weighted by Gasteiger charge is 2.39. The lowest BCUT2D eigenvalue weighted by atomic mass is 9.98. The Balaban J connectivity index is 1.41. The Morgan fingerprint density at radius 3 is 2.53 bits per heavy atom. The van der Waals surface area contributed by atoms with E-state index < -0.39 is 42.3 Å². The Morgan fingerprint density at radius 1 is 1.11 bits per heavy atom. The molecule has 3 aromatic rings. The normalized spacial score (nSPS) is 15.8. The summed E-state index contributed by atoms with van der Waals surface area (Å²) >= 11 is 0. The first-order valence-corrected chi connectivity index (χ1v) is 11.9. The molecule has 0 spiro atoms. The number of tetrazole rings is 2. The molecule has 200 valence electrons. The van der Waals surface area contributed by atoms with E-state index in [1.807, 2.05) is 13.8 Å². The molecule has 5 N–H and O–H groups in total. The molecule has 1 aliphatic rings. The molecule has 2 unspecified atom stereocenters. The number of carbonyl (C=O) groups is 4. The Labute approximate surface area is 215 Å². The fourth-order valence-corrected chi connectivity index (χ4v) is 3.98. The summed E-state index contributed by atoms with van der Waals surface area (Å²) in [6.07, 6.45) is 2.21. The largest absolute Gasteiger partial charge is 0.347 e. The van der Waals surface area contributed by atoms with Crippen LogP contribution >= 0.6 is 0 Å². The number of hydrogen-bond acceptors (Lipinski definition) is 11. The summed E-state index contributed by atoms with van der Waals surface area (Å²) in [6, 6.07) is 1.73. The molecule has 3 aromatic heterocycles. The number of amides is 4. The molecule has 0 radical (unpaired) electrons. The Bertz CT molecular complexity index is 1260. The Kier molecular flexibility index (Phi) is 8.24. The van der Waals surface area contributed by atoms with E-state index in [1.54, 1.807) is 12.1 Å². The smallest absolute Gasteiger partial charge is 0.248 e. The summed E-state index contributed by atoms with van der Waals surface area (Å²) in [5.74, 6) is -1.37. The van der Waals surface area contributed by atoms with E-state index in [9.17, 15) is 19.2 Å². The maximum absolute atomic E-state index is 13.3. The van der Waals surface area contributed by atoms with E-state index in [1.165, 1.54) is 11.1 Å². The maximum Gasteiger partial charge on any atom is 0.248 e. The second-order valence-corrected chi connectivity index (χ2v) is 8.67. The van der Waals surface area contributed by atoms with Crippen LogP contribution in [-0.4, -0.2) is 88.5 Å². The monoisotopic (exact) mass is 525 g/mol. The van der Waals surface area contributed by atoms with Crippen molar-refractivity contribution in [2.24, 2.45) is 5.92 Å². The van der Waals surface area contributed by atoms with Gasteiger partial charge in [0.25, 0.3) is 0 Å². The van der Waals surface area contributed by atoms with Gasteiger partial charge in [0.05, 0.1) is 19.5 Å². The Hall–Kier alpha value is -4.83. The lowest BCUT2D eigenvalue weighted by Crippen LogP contribution is -2.54. The van der Waals surface area contributed by atoms with Gasteiger partial charge in [0.15, 0.2) is 11.6 Å². The van der Waals surface area contributed by atoms with Crippen molar-refractivity contribution in [3.8, 4) is 0 Å². The zero-order valence-corrected chi connectivity index (χ0v) is 20.7. The van der Waals surface area contributed by atoms with Crippen molar-refractivity contribution in [3.63, 3.8) is 0 Å². The van der Waals surface area contributed by atoms with Gasteiger partial charge in [-0.15, -0.1) is 20.4 Å². The highest BCUT2D eigenvalue weighted by molar-refractivity contribution is 6.04. The van der Waals surface area contributed by atoms with Crippen LogP contribution in [0.5, 0.6) is 0 Å². The van der Waals surface area contributed by atoms with E-state index in [4.69, 9.17) is 0 Å². The molecule has 17 heteroatoms. The molecule has 0 saturated carbocycles. The second-order valence-electron chi connectivity index (χ2n) is 8.67. The number of fused-ring (bicyclic) bond motifs is 1. The minimum absolute atomic E-state index is 0.0223. The van der Waals surface area contributed by atoms with Crippen molar-refractivity contribution < 1.29 is 19.2 Å². The highest BCUT2D eigenvalue weighted by Crippen LogP contribution is 2.30. The van der Waals surface area contributed by atoms with Crippen LogP contribution in [0.1, 0.15) is 37.5 Å². The molecule has 1 aliphatic heterocycles. The minimum atomic E-state index is -0.898. The molecule has 4 rings (SSSR count). The van der Waals surface area contributed by atoms with Crippen molar-refractivity contribution in [2.45, 2.75) is 51.7 Å². The van der Waals surface area contributed by atoms with Crippen LogP contribution < -0.4 is 20.9 Å². The van der Waals surface area contributed by atoms with Crippen LogP contribution in [0.2, 0.25) is 0 Å². The van der Waals surface area contributed by atoms with Crippen molar-refractivity contribution in [1.29, 1.82) is 0 Å². The van der Waals surface area contributed by atoms with Crippen molar-refractivity contribution in [1.82, 2.24) is 62.2 Å². The molecule has 0 aliphatic carbocycles. The fourth-order valence-electron chi connectivity index (χ4n) is 3.98. The maximum atomic E-state index is 13.3. The van der Waals surface area contributed by atoms with Gasteiger partial charge in [-0.3, -0.25) is 24.1 Å². The molecule has 0 bridgehead atoms. The zero-order valence-electron chi connectivity index (χ0n) is 20.7. The van der Waals surface area contributed by atoms with Crippen LogP contribution in [0.15, 0.2) is 18.3 Å². The molecule has 3 atom stereocenters. The van der Waals surface area contributed by atoms with E-state index in [0.717, 1.165) is 5.56 Å². The number of aromatic amines is 2. The number of pyridine rings is 1. The molecule has 4 amide bonds. The molecule has 38 heavy (non-hydrogen) atoms. The highest BCUT2D eigenvalue weighted by atomic mass is 16.2. The fraction of sp³-hybridized carbons (Fsp3) is 0.476. The van der Waals surface area contributed by atoms with Gasteiger partial charge in [0, 0.05) is 12.6 Å². The first-order chi connectivity index (χ1) is 18.4. The summed E-state index contributed by atoms with van der Waals surface area (Å²) in [5, 5.41) is 34.4. The molecule has 17 nitrogen and oxygen atoms in total. The number of H-pyrrole nitrogens is 2. The zero-order chi connectivity index (χ0) is 27.1. The number of rotatable bonds is 11. The third kappa shape index (κ3) is 6.11. The van der Waals surface area contributed by atoms with Gasteiger partial charge in [-0.25, -0.2) is 4.98 Å². The van der Waals surface area contributed by atoms with E-state index >= 15 is 0 Å². The molecule has 0 aromatic carbocycles. The van der Waals surface area contributed by atoms with Gasteiger partial charge in [-0.1, -0.05) is 36.8 Å². The third-order valence-electron chi connectivity index (χ3n) is 6.14. The Morgan fingerprint density at radius 2 is 1.84 bits per heavy atom. The topological polar surface area (TPSA) is 229 Å². The summed E-state index contributed by atoms with van der Waals surface area (Å²) in [4.78, 5) is 57.3. The van der Waals surface area contributed by atoms with E-state index in [0.29, 0.717) is 12.2 Å². The summed E-state index contributed by atoms with van der Waals surface area (Å²) in [7, 11) is 0. The van der Waals surface area contributed by atoms with Crippen LogP contribution in [0.3, 0.4) is 0 Å². The van der Waals surface area contributed by atoms with Crippen LogP contribution in [0, 0.1) is 5.92 Å². The first-order valence-electron chi connectivity index (χ1n) is 11.9. The van der Waals surface area contributed by atoms with E-state index in [2.05, 4.69) is 62.2 Å². The average molecular weight is 526 g/mol. The molecular weight excluding hydrogens is 498 g/mol. The van der Waals surface area contributed by atoms with Crippen LogP contribution in [-0.2, 0) is 38.6 Å². The predicted molar refractivity (Wildman–Crippen MR) is 128 cm³/mol. The van der Waals surface area contributed by atoms with Crippen molar-refractivity contribution in [2.75, 3.05) is 11.4 Å². The summed E-state index contributed by atoms with van der Waals surface area (Å²) in [6.45, 7) is 3.31. The molecular formula is C21H27N13O4. The van der Waals surface area contributed by atoms with Gasteiger partial charge in [0.1, 0.15) is 17.9 Å². The van der Waals surface area contributed by atoms with Crippen molar-refractivity contribution >= 4 is 29.4 Å². The van der Waals surface area contributed by atoms with Gasteiger partial charge in [-0.05, 0) is 17.5 Å². The average Bonchev–Trinajstić information content (AvgIpc) is 3.69. The van der Waals surface area contributed by atoms with Gasteiger partial charge in [0.2, 0.25) is 23.6 Å². The second kappa shape index (κ2) is 11.9. The summed E-state index contributed by atoms with van der Waals surface area (Å²) < 4.78 is 0. The number of nitrogens with one attached hydrogen (secondary N) is 5. The summed E-state index contributed by atoms with van der Waals surface area (Å²) in [5.41, 5.74) is 0.720. The third-order valence-corrected chi connectivity index (χ3v) is 6.14. The number of carbonyl (C=O) groups excluding carboxylic acids is 4. The lowest BCUT2D eigenvalue weighted by Gasteiger charge is -2.26. The van der Waals surface area contributed by atoms with Gasteiger partial charge >= 0.3 is 0 Å². The SMILES string of the molecule is CCC(C)C(NC(=O)Cc1nn[nH]n1)C(=O)NCC(=O)N1c2ncccc2C[C@H]1C(=O)NCc1nn[nH]n1. The van der Waals surface area contributed by atoms with Gasteiger partial charge in [-0.2, -0.15) is 10.4 Å². The van der Waals surface area contributed by atoms with Crippen LogP contribution in [0.25, 0.3) is 0 Å². The van der Waals surface area contributed by atoms with Gasteiger partial charge < -0.3 is 16.0 Å². The number of nitrogens with zero attached hydrogens (tertiary/aromatic N) is 8. The number of anilines is 1. The standard InChI is InChI=1S/C21H27N13O4/c1-3-11(2)18(25-16(35)8-14-26-30-31-27-14)21(38)24-10-17(36)34-13(7-12-5-4-6-22-19(12)34)20(37)23-9-15-28-32-33-29-15/h4-6,11,13,18H,3,7-10H2,1-2H3,(H,23,37)(H,24,38)(H,25,35)(H,26,27,30,31)(H,28,29,32,33)/t11?,13-,18?/m0/s1. The number of aromatic nitrogens is 9. The van der Waals surface area contributed by atoms with E-state index in [-0.39, 0.29) is 37.0 Å². The molecule has 4 heterocycles. The van der Waals surface area contributed by atoms with Crippen LogP contribution in [0.4, 0.5) is 5.82 Å².